The summed E-state index contributed by atoms with van der Waals surface area (Å²) in [5.41, 5.74) is 0. The fourth-order valence-electron chi connectivity index (χ4n) is 1.10. The van der Waals surface area contributed by atoms with E-state index in [9.17, 15) is 0 Å². The average molecular weight is 208 g/mol. The molecule has 15 heavy (non-hydrogen) atoms. The van der Waals surface area contributed by atoms with Gasteiger partial charge in [0.15, 0.2) is 0 Å². The summed E-state index contributed by atoms with van der Waals surface area (Å²) in [6, 6.07) is 9.81. The highest BCUT2D eigenvalue weighted by Crippen LogP contribution is 2.08. The number of rotatable bonds is 6. The molecule has 1 rings (SSSR count). The lowest BCUT2D eigenvalue weighted by Crippen LogP contribution is -2.19. The zero-order valence-electron chi connectivity index (χ0n) is 9.77. The van der Waals surface area contributed by atoms with Crippen molar-refractivity contribution in [2.24, 2.45) is 5.92 Å². The summed E-state index contributed by atoms with van der Waals surface area (Å²) in [5, 5.41) is 0. The van der Waals surface area contributed by atoms with Gasteiger partial charge in [-0.3, -0.25) is 0 Å². The van der Waals surface area contributed by atoms with Crippen molar-refractivity contribution in [3.05, 3.63) is 30.3 Å². The summed E-state index contributed by atoms with van der Waals surface area (Å²) in [4.78, 5) is 0. The molecule has 0 aromatic heterocycles. The van der Waals surface area contributed by atoms with Crippen molar-refractivity contribution < 1.29 is 9.47 Å². The molecule has 0 aliphatic rings. The Morgan fingerprint density at radius 2 is 1.67 bits per heavy atom. The highest BCUT2D eigenvalue weighted by Gasteiger charge is 2.06. The summed E-state index contributed by atoms with van der Waals surface area (Å²) < 4.78 is 11.1. The van der Waals surface area contributed by atoms with Crippen molar-refractivity contribution in [2.75, 3.05) is 13.2 Å². The van der Waals surface area contributed by atoms with E-state index in [-0.39, 0.29) is 0 Å². The van der Waals surface area contributed by atoms with E-state index < -0.39 is 0 Å². The minimum atomic E-state index is 0.296. The topological polar surface area (TPSA) is 18.5 Å². The molecule has 1 atom stereocenters. The zero-order chi connectivity index (χ0) is 11.1. The maximum Gasteiger partial charge on any atom is 0.119 e. The number of ether oxygens (including phenoxy) is 2. The van der Waals surface area contributed by atoms with Crippen molar-refractivity contribution in [1.29, 1.82) is 0 Å². The molecule has 0 saturated heterocycles. The van der Waals surface area contributed by atoms with Crippen LogP contribution in [0.5, 0.6) is 5.75 Å². The van der Waals surface area contributed by atoms with Crippen LogP contribution >= 0.6 is 0 Å². The Balaban J connectivity index is 2.12. The Hall–Kier alpha value is -1.02. The van der Waals surface area contributed by atoms with Crippen LogP contribution in [0.2, 0.25) is 0 Å². The van der Waals surface area contributed by atoms with Gasteiger partial charge in [-0.25, -0.2) is 0 Å². The van der Waals surface area contributed by atoms with Crippen LogP contribution in [0, 0.1) is 5.92 Å². The maximum absolute atomic E-state index is 5.60. The van der Waals surface area contributed by atoms with Crippen LogP contribution in [0.4, 0.5) is 0 Å². The highest BCUT2D eigenvalue weighted by atomic mass is 16.5. The lowest BCUT2D eigenvalue weighted by molar-refractivity contribution is 0.0188. The van der Waals surface area contributed by atoms with E-state index in [4.69, 9.17) is 9.47 Å². The van der Waals surface area contributed by atoms with E-state index in [1.165, 1.54) is 0 Å². The SMILES string of the molecule is CC(C)C(C)OCCOc1ccccc1. The predicted molar refractivity (Wildman–Crippen MR) is 62.2 cm³/mol. The van der Waals surface area contributed by atoms with E-state index in [0.717, 1.165) is 5.75 Å². The molecule has 0 bridgehead atoms. The third-order valence-corrected chi connectivity index (χ3v) is 2.41. The fraction of sp³-hybridized carbons (Fsp3) is 0.538. The molecule has 0 radical (unpaired) electrons. The molecule has 0 aliphatic carbocycles. The Bertz CT molecular complexity index is 256. The second-order valence-corrected chi connectivity index (χ2v) is 3.98. The van der Waals surface area contributed by atoms with Gasteiger partial charge in [-0.1, -0.05) is 32.0 Å². The molecule has 2 heteroatoms. The second kappa shape index (κ2) is 6.46. The Morgan fingerprint density at radius 1 is 1.00 bits per heavy atom. The van der Waals surface area contributed by atoms with Gasteiger partial charge < -0.3 is 9.47 Å². The smallest absolute Gasteiger partial charge is 0.119 e. The number of benzene rings is 1. The molecular formula is C13H20O2. The lowest BCUT2D eigenvalue weighted by atomic mass is 10.1. The monoisotopic (exact) mass is 208 g/mol. The van der Waals surface area contributed by atoms with Crippen LogP contribution in [0.15, 0.2) is 30.3 Å². The number of hydrogen-bond donors (Lipinski definition) is 0. The third kappa shape index (κ3) is 4.84. The van der Waals surface area contributed by atoms with Crippen molar-refractivity contribution >= 4 is 0 Å². The molecule has 0 amide bonds. The summed E-state index contributed by atoms with van der Waals surface area (Å²) in [5.74, 6) is 1.46. The van der Waals surface area contributed by atoms with Crippen molar-refractivity contribution in [2.45, 2.75) is 26.9 Å². The van der Waals surface area contributed by atoms with Crippen LogP contribution < -0.4 is 4.74 Å². The first-order valence-electron chi connectivity index (χ1n) is 5.49. The normalized spacial score (nSPS) is 12.8. The van der Waals surface area contributed by atoms with Gasteiger partial charge in [0.1, 0.15) is 12.4 Å². The molecule has 0 saturated carbocycles. The Morgan fingerprint density at radius 3 is 2.27 bits per heavy atom. The maximum atomic E-state index is 5.60. The average Bonchev–Trinajstić information content (AvgIpc) is 2.25. The standard InChI is InChI=1S/C13H20O2/c1-11(2)12(3)14-9-10-15-13-7-5-4-6-8-13/h4-8,11-12H,9-10H2,1-3H3. The third-order valence-electron chi connectivity index (χ3n) is 2.41. The van der Waals surface area contributed by atoms with E-state index in [1.807, 2.05) is 30.3 Å². The fourth-order valence-corrected chi connectivity index (χ4v) is 1.10. The molecule has 0 spiro atoms. The van der Waals surface area contributed by atoms with Crippen LogP contribution in [-0.2, 0) is 4.74 Å². The molecule has 1 unspecified atom stereocenters. The molecule has 0 fully saturated rings. The van der Waals surface area contributed by atoms with E-state index in [0.29, 0.717) is 25.2 Å². The molecule has 0 heterocycles. The summed E-state index contributed by atoms with van der Waals surface area (Å²) >= 11 is 0. The van der Waals surface area contributed by atoms with E-state index >= 15 is 0 Å². The van der Waals surface area contributed by atoms with Crippen LogP contribution in [0.1, 0.15) is 20.8 Å². The van der Waals surface area contributed by atoms with Gasteiger partial charge in [-0.2, -0.15) is 0 Å². The largest absolute Gasteiger partial charge is 0.491 e. The molecule has 0 N–H and O–H groups in total. The molecule has 84 valence electrons. The number of hydrogen-bond acceptors (Lipinski definition) is 2. The van der Waals surface area contributed by atoms with Gasteiger partial charge in [0.2, 0.25) is 0 Å². The van der Waals surface area contributed by atoms with Crippen LogP contribution in [0.25, 0.3) is 0 Å². The van der Waals surface area contributed by atoms with Gasteiger partial charge in [-0.15, -0.1) is 0 Å². The Labute approximate surface area is 92.2 Å². The summed E-state index contributed by atoms with van der Waals surface area (Å²) in [6.45, 7) is 7.66. The first-order chi connectivity index (χ1) is 7.20. The Kier molecular flexibility index (Phi) is 5.19. The summed E-state index contributed by atoms with van der Waals surface area (Å²) in [7, 11) is 0. The lowest BCUT2D eigenvalue weighted by Gasteiger charge is -2.16. The van der Waals surface area contributed by atoms with Crippen LogP contribution in [0.3, 0.4) is 0 Å². The molecule has 2 nitrogen and oxygen atoms in total. The van der Waals surface area contributed by atoms with Gasteiger partial charge in [0, 0.05) is 0 Å². The first kappa shape index (κ1) is 12.1. The van der Waals surface area contributed by atoms with E-state index in [2.05, 4.69) is 20.8 Å². The zero-order valence-corrected chi connectivity index (χ0v) is 9.77. The molecule has 1 aromatic rings. The quantitative estimate of drug-likeness (QED) is 0.669. The molecular weight excluding hydrogens is 188 g/mol. The van der Waals surface area contributed by atoms with Crippen molar-refractivity contribution in [1.82, 2.24) is 0 Å². The minimum absolute atomic E-state index is 0.296. The summed E-state index contributed by atoms with van der Waals surface area (Å²) in [6.07, 6.45) is 0.296. The first-order valence-corrected chi connectivity index (χ1v) is 5.49. The van der Waals surface area contributed by atoms with Crippen LogP contribution in [-0.4, -0.2) is 19.3 Å². The molecule has 0 aliphatic heterocycles. The van der Waals surface area contributed by atoms with Gasteiger partial charge in [-0.05, 0) is 25.0 Å². The van der Waals surface area contributed by atoms with Gasteiger partial charge in [0.05, 0.1) is 12.7 Å². The van der Waals surface area contributed by atoms with Crippen molar-refractivity contribution in [3.63, 3.8) is 0 Å². The predicted octanol–water partition coefficient (Wildman–Crippen LogP) is 3.13. The van der Waals surface area contributed by atoms with Gasteiger partial charge in [0.25, 0.3) is 0 Å². The highest BCUT2D eigenvalue weighted by molar-refractivity contribution is 5.20. The molecule has 1 aromatic carbocycles. The van der Waals surface area contributed by atoms with E-state index in [1.54, 1.807) is 0 Å². The minimum Gasteiger partial charge on any atom is -0.491 e. The second-order valence-electron chi connectivity index (χ2n) is 3.98. The number of para-hydroxylation sites is 1. The van der Waals surface area contributed by atoms with Gasteiger partial charge >= 0.3 is 0 Å². The van der Waals surface area contributed by atoms with Crippen molar-refractivity contribution in [3.8, 4) is 5.75 Å².